The molecule has 0 aliphatic heterocycles. The third-order valence-electron chi connectivity index (χ3n) is 6.10. The Hall–Kier alpha value is -2.97. The number of sulfonamides is 1. The highest BCUT2D eigenvalue weighted by Gasteiger charge is 2.47. The highest BCUT2D eigenvalue weighted by molar-refractivity contribution is 7.90. The molecule has 2 aromatic carbocycles. The molecule has 34 heavy (non-hydrogen) atoms. The van der Waals surface area contributed by atoms with Gasteiger partial charge in [-0.25, -0.2) is 13.1 Å². The predicted octanol–water partition coefficient (Wildman–Crippen LogP) is 6.13. The summed E-state index contributed by atoms with van der Waals surface area (Å²) in [6.45, 7) is 3.76. The maximum atomic E-state index is 13.9. The van der Waals surface area contributed by atoms with E-state index in [4.69, 9.17) is 0 Å². The summed E-state index contributed by atoms with van der Waals surface area (Å²) in [6, 6.07) is 13.2. The molecule has 1 N–H and O–H groups in total. The largest absolute Gasteiger partial charge is 0.418 e. The van der Waals surface area contributed by atoms with Gasteiger partial charge < -0.3 is 0 Å². The average Bonchev–Trinajstić information content (AvgIpc) is 2.82. The van der Waals surface area contributed by atoms with Crippen LogP contribution < -0.4 is 4.72 Å². The van der Waals surface area contributed by atoms with Gasteiger partial charge in [-0.1, -0.05) is 67.6 Å². The molecule has 1 aliphatic rings. The zero-order valence-corrected chi connectivity index (χ0v) is 19.7. The monoisotopic (exact) mass is 486 g/mol. The zero-order valence-electron chi connectivity index (χ0n) is 18.9. The van der Waals surface area contributed by atoms with E-state index in [9.17, 15) is 21.6 Å². The van der Waals surface area contributed by atoms with E-state index in [0.29, 0.717) is 17.5 Å². The van der Waals surface area contributed by atoms with Crippen LogP contribution in [0, 0.1) is 6.92 Å². The van der Waals surface area contributed by atoms with E-state index in [1.807, 2.05) is 43.3 Å². The van der Waals surface area contributed by atoms with Crippen molar-refractivity contribution in [2.45, 2.75) is 37.6 Å². The number of hydrogen-bond donors (Lipinski definition) is 1. The summed E-state index contributed by atoms with van der Waals surface area (Å²) in [6.07, 6.45) is 2.47. The van der Waals surface area contributed by atoms with Crippen LogP contribution in [-0.2, 0) is 20.9 Å². The average molecular weight is 487 g/mol. The highest BCUT2D eigenvalue weighted by Crippen LogP contribution is 2.47. The number of aromatic nitrogens is 1. The van der Waals surface area contributed by atoms with E-state index < -0.39 is 26.5 Å². The molecule has 4 rings (SSSR count). The van der Waals surface area contributed by atoms with Gasteiger partial charge in [0.1, 0.15) is 4.75 Å². The van der Waals surface area contributed by atoms with Crippen LogP contribution in [0.5, 0.6) is 0 Å². The summed E-state index contributed by atoms with van der Waals surface area (Å²) in [4.78, 5) is 4.08. The number of halogens is 3. The molecule has 4 nitrogen and oxygen atoms in total. The zero-order chi connectivity index (χ0) is 24.6. The lowest BCUT2D eigenvalue weighted by Gasteiger charge is -2.36. The second-order valence-electron chi connectivity index (χ2n) is 8.40. The van der Waals surface area contributed by atoms with Crippen molar-refractivity contribution in [1.82, 2.24) is 9.71 Å². The van der Waals surface area contributed by atoms with Crippen molar-refractivity contribution in [3.8, 4) is 0 Å². The van der Waals surface area contributed by atoms with E-state index in [2.05, 4.69) is 9.71 Å². The first-order valence-corrected chi connectivity index (χ1v) is 12.5. The number of para-hydroxylation sites is 1. The SMILES string of the molecule is CCCNS(=O)(=O)C1(c2c(C)cnc3c(C(F)(F)F)cccc23)C=CC=C(c2ccccc2)C1. The molecular weight excluding hydrogens is 461 g/mol. The van der Waals surface area contributed by atoms with Gasteiger partial charge in [-0.2, -0.15) is 13.2 Å². The second kappa shape index (κ2) is 9.00. The number of alkyl halides is 3. The van der Waals surface area contributed by atoms with Crippen molar-refractivity contribution in [3.63, 3.8) is 0 Å². The maximum absolute atomic E-state index is 13.9. The number of fused-ring (bicyclic) bond motifs is 1. The fourth-order valence-electron chi connectivity index (χ4n) is 4.54. The van der Waals surface area contributed by atoms with E-state index >= 15 is 0 Å². The van der Waals surface area contributed by atoms with Crippen LogP contribution in [0.25, 0.3) is 16.5 Å². The number of rotatable bonds is 6. The number of allylic oxidation sites excluding steroid dienone is 3. The predicted molar refractivity (Wildman–Crippen MR) is 129 cm³/mol. The van der Waals surface area contributed by atoms with E-state index in [1.165, 1.54) is 18.3 Å². The van der Waals surface area contributed by atoms with Crippen molar-refractivity contribution in [3.05, 3.63) is 95.2 Å². The molecule has 1 aliphatic carbocycles. The summed E-state index contributed by atoms with van der Waals surface area (Å²) in [5.41, 5.74) is 1.30. The van der Waals surface area contributed by atoms with Gasteiger partial charge in [0.15, 0.2) is 0 Å². The molecule has 0 spiro atoms. The minimum Gasteiger partial charge on any atom is -0.255 e. The molecule has 0 fully saturated rings. The number of hydrogen-bond acceptors (Lipinski definition) is 3. The molecule has 0 bridgehead atoms. The molecule has 3 aromatic rings. The van der Waals surface area contributed by atoms with Crippen molar-refractivity contribution in [1.29, 1.82) is 0 Å². The summed E-state index contributed by atoms with van der Waals surface area (Å²) in [5.74, 6) is 0. The topological polar surface area (TPSA) is 59.1 Å². The molecule has 1 heterocycles. The Morgan fingerprint density at radius 2 is 1.82 bits per heavy atom. The normalized spacial score (nSPS) is 18.8. The fourth-order valence-corrected chi connectivity index (χ4v) is 6.41. The van der Waals surface area contributed by atoms with Crippen LogP contribution in [0.4, 0.5) is 13.2 Å². The van der Waals surface area contributed by atoms with Crippen LogP contribution in [0.1, 0.15) is 42.0 Å². The molecule has 0 radical (unpaired) electrons. The van der Waals surface area contributed by atoms with Gasteiger partial charge in [0.25, 0.3) is 0 Å². The van der Waals surface area contributed by atoms with Gasteiger partial charge >= 0.3 is 6.18 Å². The third-order valence-corrected chi connectivity index (χ3v) is 8.13. The van der Waals surface area contributed by atoms with Gasteiger partial charge in [-0.3, -0.25) is 4.98 Å². The third kappa shape index (κ3) is 4.16. The molecular formula is C26H25F3N2O2S. The summed E-state index contributed by atoms with van der Waals surface area (Å²) >= 11 is 0. The van der Waals surface area contributed by atoms with Crippen LogP contribution in [0.15, 0.2) is 73.0 Å². The Bertz CT molecular complexity index is 1380. The van der Waals surface area contributed by atoms with Gasteiger partial charge in [0.05, 0.1) is 11.1 Å². The lowest BCUT2D eigenvalue weighted by molar-refractivity contribution is -0.136. The highest BCUT2D eigenvalue weighted by atomic mass is 32.2. The van der Waals surface area contributed by atoms with E-state index in [0.717, 1.165) is 17.2 Å². The van der Waals surface area contributed by atoms with Gasteiger partial charge in [-0.15, -0.1) is 0 Å². The first-order chi connectivity index (χ1) is 16.1. The molecule has 0 amide bonds. The fraction of sp³-hybridized carbons (Fsp3) is 0.269. The molecule has 1 aromatic heterocycles. The lowest BCUT2D eigenvalue weighted by atomic mass is 9.81. The smallest absolute Gasteiger partial charge is 0.255 e. The summed E-state index contributed by atoms with van der Waals surface area (Å²) in [7, 11) is -4.05. The number of pyridine rings is 1. The Kier molecular flexibility index (Phi) is 6.40. The number of nitrogens with one attached hydrogen (secondary N) is 1. The number of nitrogens with zero attached hydrogens (tertiary/aromatic N) is 1. The van der Waals surface area contributed by atoms with Crippen molar-refractivity contribution < 1.29 is 21.6 Å². The first kappa shape index (κ1) is 24.2. The Balaban J connectivity index is 2.03. The number of aryl methyl sites for hydroxylation is 1. The van der Waals surface area contributed by atoms with Crippen molar-refractivity contribution in [2.75, 3.05) is 6.54 Å². The Labute approximate surface area is 197 Å². The summed E-state index contributed by atoms with van der Waals surface area (Å²) < 4.78 is 70.2. The van der Waals surface area contributed by atoms with Crippen LogP contribution in [0.3, 0.4) is 0 Å². The van der Waals surface area contributed by atoms with Crippen LogP contribution in [-0.4, -0.2) is 19.9 Å². The molecule has 8 heteroatoms. The lowest BCUT2D eigenvalue weighted by Crippen LogP contribution is -2.44. The number of benzene rings is 2. The van der Waals surface area contributed by atoms with Gasteiger partial charge in [-0.05, 0) is 41.7 Å². The maximum Gasteiger partial charge on any atom is 0.418 e. The van der Waals surface area contributed by atoms with Crippen molar-refractivity contribution in [2.24, 2.45) is 0 Å². The molecule has 1 atom stereocenters. The molecule has 0 saturated carbocycles. The van der Waals surface area contributed by atoms with E-state index in [1.54, 1.807) is 19.1 Å². The van der Waals surface area contributed by atoms with E-state index in [-0.39, 0.29) is 23.9 Å². The van der Waals surface area contributed by atoms with Crippen LogP contribution in [0.2, 0.25) is 0 Å². The molecule has 178 valence electrons. The summed E-state index contributed by atoms with van der Waals surface area (Å²) in [5, 5.41) is 0.177. The van der Waals surface area contributed by atoms with Gasteiger partial charge in [0.2, 0.25) is 10.0 Å². The standard InChI is InChI=1S/C26H25F3N2O2S/c1-3-15-31-34(32,33)25(14-8-11-20(16-25)19-9-5-4-6-10-19)23-18(2)17-30-24-21(23)12-7-13-22(24)26(27,28)29/h4-14,17,31H,3,15-16H2,1-2H3. The molecule has 1 unspecified atom stereocenters. The minimum atomic E-state index is -4.62. The molecule has 0 saturated heterocycles. The van der Waals surface area contributed by atoms with Gasteiger partial charge in [0, 0.05) is 24.5 Å². The quantitative estimate of drug-likeness (QED) is 0.456. The Morgan fingerprint density at radius 1 is 1.09 bits per heavy atom. The first-order valence-electron chi connectivity index (χ1n) is 11.0. The van der Waals surface area contributed by atoms with Crippen molar-refractivity contribution >= 4 is 26.5 Å². The minimum absolute atomic E-state index is 0.0722. The van der Waals surface area contributed by atoms with Crippen LogP contribution >= 0.6 is 0 Å². The Morgan fingerprint density at radius 3 is 2.50 bits per heavy atom. The second-order valence-corrected chi connectivity index (χ2v) is 10.4.